The van der Waals surface area contributed by atoms with E-state index in [9.17, 15) is 9.59 Å². The van der Waals surface area contributed by atoms with Crippen molar-refractivity contribution in [1.29, 1.82) is 0 Å². The summed E-state index contributed by atoms with van der Waals surface area (Å²) in [6, 6.07) is 5.44. The van der Waals surface area contributed by atoms with E-state index in [-0.39, 0.29) is 11.8 Å². The molecule has 1 aliphatic rings. The van der Waals surface area contributed by atoms with Crippen LogP contribution in [0.1, 0.15) is 40.0 Å². The van der Waals surface area contributed by atoms with Crippen molar-refractivity contribution < 1.29 is 9.59 Å². The zero-order valence-electron chi connectivity index (χ0n) is 13.7. The number of carbonyl (C=O) groups is 2. The molecule has 0 radical (unpaired) electrons. The largest absolute Gasteiger partial charge is 0.354 e. The van der Waals surface area contributed by atoms with Crippen molar-refractivity contribution >= 4 is 22.7 Å². The van der Waals surface area contributed by atoms with Gasteiger partial charge in [-0.3, -0.25) is 14.6 Å². The minimum Gasteiger partial charge on any atom is -0.354 e. The van der Waals surface area contributed by atoms with E-state index in [0.717, 1.165) is 34.1 Å². The quantitative estimate of drug-likeness (QED) is 0.893. The molecule has 120 valence electrons. The number of nitrogens with one attached hydrogen (secondary N) is 2. The maximum Gasteiger partial charge on any atom is 0.252 e. The standard InChI is InChI=1S/C18H21N3O2/c1-10-6-7-14-13(9-10)16(11(2)12(3)20-14)18(23)21-15-5-4-8-19-17(15)22/h6-7,9,15H,4-5,8H2,1-3H3,(H,19,22)(H,21,23)/t15-/m1/s1. The molecule has 0 aliphatic carbocycles. The third-order valence-corrected chi connectivity index (χ3v) is 4.44. The predicted molar refractivity (Wildman–Crippen MR) is 89.5 cm³/mol. The fraction of sp³-hybridized carbons (Fsp3) is 0.389. The van der Waals surface area contributed by atoms with Crippen molar-refractivity contribution in [2.75, 3.05) is 6.54 Å². The molecule has 2 aromatic rings. The number of amides is 2. The van der Waals surface area contributed by atoms with Crippen LogP contribution in [0.2, 0.25) is 0 Å². The van der Waals surface area contributed by atoms with Gasteiger partial charge in [0.1, 0.15) is 6.04 Å². The molecule has 2 N–H and O–H groups in total. The summed E-state index contributed by atoms with van der Waals surface area (Å²) < 4.78 is 0. The summed E-state index contributed by atoms with van der Waals surface area (Å²) in [4.78, 5) is 29.3. The topological polar surface area (TPSA) is 71.1 Å². The maximum absolute atomic E-state index is 12.8. The van der Waals surface area contributed by atoms with Gasteiger partial charge in [-0.05, 0) is 51.3 Å². The Bertz CT molecular complexity index is 798. The lowest BCUT2D eigenvalue weighted by Crippen LogP contribution is -2.50. The highest BCUT2D eigenvalue weighted by atomic mass is 16.2. The fourth-order valence-corrected chi connectivity index (χ4v) is 3.03. The van der Waals surface area contributed by atoms with Gasteiger partial charge < -0.3 is 10.6 Å². The number of pyridine rings is 1. The van der Waals surface area contributed by atoms with Gasteiger partial charge in [-0.15, -0.1) is 0 Å². The van der Waals surface area contributed by atoms with Crippen LogP contribution in [0.3, 0.4) is 0 Å². The number of benzene rings is 1. The van der Waals surface area contributed by atoms with Crippen molar-refractivity contribution in [2.45, 2.75) is 39.7 Å². The average Bonchev–Trinajstić information content (AvgIpc) is 2.51. The summed E-state index contributed by atoms with van der Waals surface area (Å²) in [7, 11) is 0. The SMILES string of the molecule is Cc1ccc2nc(C)c(C)c(C(=O)N[C@@H]3CCCNC3=O)c2c1. The van der Waals surface area contributed by atoms with Crippen molar-refractivity contribution in [3.8, 4) is 0 Å². The molecule has 3 rings (SSSR count). The van der Waals surface area contributed by atoms with Gasteiger partial charge in [0.25, 0.3) is 5.91 Å². The zero-order chi connectivity index (χ0) is 16.6. The van der Waals surface area contributed by atoms with Crippen LogP contribution >= 0.6 is 0 Å². The molecular weight excluding hydrogens is 290 g/mol. The van der Waals surface area contributed by atoms with Gasteiger partial charge in [0.05, 0.1) is 11.1 Å². The third-order valence-electron chi connectivity index (χ3n) is 4.44. The number of hydrogen-bond donors (Lipinski definition) is 2. The van der Waals surface area contributed by atoms with Gasteiger partial charge in [-0.2, -0.15) is 0 Å². The summed E-state index contributed by atoms with van der Waals surface area (Å²) in [5.41, 5.74) is 4.19. The molecule has 23 heavy (non-hydrogen) atoms. The highest BCUT2D eigenvalue weighted by Gasteiger charge is 2.26. The second-order valence-corrected chi connectivity index (χ2v) is 6.18. The first-order chi connectivity index (χ1) is 11.0. The second-order valence-electron chi connectivity index (χ2n) is 6.18. The molecule has 0 bridgehead atoms. The van der Waals surface area contributed by atoms with Crippen LogP contribution in [0, 0.1) is 20.8 Å². The summed E-state index contributed by atoms with van der Waals surface area (Å²) >= 11 is 0. The highest BCUT2D eigenvalue weighted by molar-refractivity contribution is 6.09. The number of nitrogens with zero attached hydrogens (tertiary/aromatic N) is 1. The maximum atomic E-state index is 12.8. The normalized spacial score (nSPS) is 17.9. The van der Waals surface area contributed by atoms with Gasteiger partial charge in [0.15, 0.2) is 0 Å². The number of hydrogen-bond acceptors (Lipinski definition) is 3. The fourth-order valence-electron chi connectivity index (χ4n) is 3.03. The minimum atomic E-state index is -0.455. The number of piperidine rings is 1. The molecule has 2 heterocycles. The van der Waals surface area contributed by atoms with Crippen LogP contribution in [0.15, 0.2) is 18.2 Å². The van der Waals surface area contributed by atoms with Crippen LogP contribution in [-0.4, -0.2) is 29.4 Å². The Morgan fingerprint density at radius 3 is 2.83 bits per heavy atom. The van der Waals surface area contributed by atoms with Crippen molar-refractivity contribution in [1.82, 2.24) is 15.6 Å². The molecule has 1 aliphatic heterocycles. The lowest BCUT2D eigenvalue weighted by molar-refractivity contribution is -0.124. The second kappa shape index (κ2) is 5.99. The minimum absolute atomic E-state index is 0.103. The van der Waals surface area contributed by atoms with E-state index in [2.05, 4.69) is 15.6 Å². The summed E-state index contributed by atoms with van der Waals surface area (Å²) in [5.74, 6) is -0.306. The molecule has 0 unspecified atom stereocenters. The molecule has 5 nitrogen and oxygen atoms in total. The molecule has 1 aromatic carbocycles. The van der Waals surface area contributed by atoms with E-state index in [1.807, 2.05) is 39.0 Å². The Morgan fingerprint density at radius 2 is 2.09 bits per heavy atom. The van der Waals surface area contributed by atoms with Crippen LogP contribution in [0.4, 0.5) is 0 Å². The van der Waals surface area contributed by atoms with Crippen molar-refractivity contribution in [3.05, 3.63) is 40.6 Å². The van der Waals surface area contributed by atoms with Gasteiger partial charge in [-0.25, -0.2) is 0 Å². The van der Waals surface area contributed by atoms with E-state index in [1.54, 1.807) is 0 Å². The number of rotatable bonds is 2. The third kappa shape index (κ3) is 2.91. The molecular formula is C18H21N3O2. The van der Waals surface area contributed by atoms with E-state index in [1.165, 1.54) is 0 Å². The van der Waals surface area contributed by atoms with Crippen LogP contribution in [0.5, 0.6) is 0 Å². The van der Waals surface area contributed by atoms with E-state index >= 15 is 0 Å². The number of aryl methyl sites for hydroxylation is 2. The lowest BCUT2D eigenvalue weighted by Gasteiger charge is -2.23. The number of fused-ring (bicyclic) bond motifs is 1. The first kappa shape index (κ1) is 15.5. The van der Waals surface area contributed by atoms with Crippen LogP contribution < -0.4 is 10.6 Å². The molecule has 1 atom stereocenters. The Balaban J connectivity index is 2.03. The number of carbonyl (C=O) groups excluding carboxylic acids is 2. The molecule has 1 saturated heterocycles. The summed E-state index contributed by atoms with van der Waals surface area (Å²) in [5, 5.41) is 6.52. The predicted octanol–water partition coefficient (Wildman–Crippen LogP) is 2.17. The molecule has 5 heteroatoms. The van der Waals surface area contributed by atoms with E-state index < -0.39 is 6.04 Å². The Hall–Kier alpha value is -2.43. The van der Waals surface area contributed by atoms with E-state index in [0.29, 0.717) is 18.5 Å². The summed E-state index contributed by atoms with van der Waals surface area (Å²) in [6.07, 6.45) is 1.56. The van der Waals surface area contributed by atoms with Crippen LogP contribution in [-0.2, 0) is 4.79 Å². The first-order valence-corrected chi connectivity index (χ1v) is 7.93. The Labute approximate surface area is 135 Å². The molecule has 1 aromatic heterocycles. The van der Waals surface area contributed by atoms with Gasteiger partial charge in [0, 0.05) is 17.6 Å². The Kier molecular flexibility index (Phi) is 4.03. The number of aromatic nitrogens is 1. The molecule has 2 amide bonds. The monoisotopic (exact) mass is 311 g/mol. The molecule has 0 spiro atoms. The zero-order valence-corrected chi connectivity index (χ0v) is 13.7. The van der Waals surface area contributed by atoms with Crippen molar-refractivity contribution in [2.24, 2.45) is 0 Å². The lowest BCUT2D eigenvalue weighted by atomic mass is 9.98. The van der Waals surface area contributed by atoms with Gasteiger partial charge >= 0.3 is 0 Å². The van der Waals surface area contributed by atoms with Gasteiger partial charge in [0.2, 0.25) is 5.91 Å². The smallest absolute Gasteiger partial charge is 0.252 e. The first-order valence-electron chi connectivity index (χ1n) is 7.93. The van der Waals surface area contributed by atoms with Crippen LogP contribution in [0.25, 0.3) is 10.9 Å². The molecule has 1 fully saturated rings. The molecule has 0 saturated carbocycles. The average molecular weight is 311 g/mol. The van der Waals surface area contributed by atoms with E-state index in [4.69, 9.17) is 0 Å². The highest BCUT2D eigenvalue weighted by Crippen LogP contribution is 2.24. The summed E-state index contributed by atoms with van der Waals surface area (Å²) in [6.45, 7) is 6.48. The Morgan fingerprint density at radius 1 is 1.30 bits per heavy atom. The van der Waals surface area contributed by atoms with Gasteiger partial charge in [-0.1, -0.05) is 11.6 Å². The van der Waals surface area contributed by atoms with Crippen molar-refractivity contribution in [3.63, 3.8) is 0 Å².